The number of hydrogen-bond acceptors (Lipinski definition) is 3. The number of carbonyl (C=O) groups is 1. The molecule has 0 radical (unpaired) electrons. The van der Waals surface area contributed by atoms with Crippen LogP contribution in [0.4, 0.5) is 0 Å². The van der Waals surface area contributed by atoms with E-state index in [9.17, 15) is 4.79 Å². The van der Waals surface area contributed by atoms with E-state index in [4.69, 9.17) is 5.73 Å². The van der Waals surface area contributed by atoms with E-state index in [1.165, 1.54) is 0 Å². The summed E-state index contributed by atoms with van der Waals surface area (Å²) in [6.45, 7) is 9.04. The Bertz CT molecular complexity index is 376. The van der Waals surface area contributed by atoms with Crippen LogP contribution in [0.1, 0.15) is 39.9 Å². The number of hydrogen-bond donors (Lipinski definition) is 1. The first-order valence-electron chi connectivity index (χ1n) is 6.12. The smallest absolute Gasteiger partial charge is 0.141 e. The minimum absolute atomic E-state index is 0.0319. The van der Waals surface area contributed by atoms with Crippen LogP contribution in [0, 0.1) is 5.41 Å². The van der Waals surface area contributed by atoms with E-state index in [-0.39, 0.29) is 17.2 Å². The molecule has 0 aliphatic carbocycles. The first kappa shape index (κ1) is 13.9. The number of Topliss-reactive ketones (excluding diaryl/α,β-unsaturated/α-hetero) is 1. The molecule has 0 saturated carbocycles. The Kier molecular flexibility index (Phi) is 4.46. The third kappa shape index (κ3) is 3.97. The van der Waals surface area contributed by atoms with Crippen LogP contribution in [-0.4, -0.2) is 21.4 Å². The van der Waals surface area contributed by atoms with Crippen molar-refractivity contribution in [1.29, 1.82) is 0 Å². The van der Waals surface area contributed by atoms with E-state index in [0.29, 0.717) is 12.8 Å². The lowest BCUT2D eigenvalue weighted by molar-refractivity contribution is -0.119. The van der Waals surface area contributed by atoms with E-state index in [2.05, 4.69) is 25.8 Å². The van der Waals surface area contributed by atoms with Gasteiger partial charge in [0.15, 0.2) is 0 Å². The fraction of sp³-hybridized carbons (Fsp3) is 0.692. The van der Waals surface area contributed by atoms with Crippen LogP contribution < -0.4 is 5.73 Å². The maximum atomic E-state index is 11.9. The van der Waals surface area contributed by atoms with Crippen molar-refractivity contribution in [2.75, 3.05) is 0 Å². The van der Waals surface area contributed by atoms with Crippen LogP contribution in [0.5, 0.6) is 0 Å². The molecule has 96 valence electrons. The number of aryl methyl sites for hydroxylation is 1. The Morgan fingerprint density at radius 1 is 1.53 bits per heavy atom. The van der Waals surface area contributed by atoms with E-state index in [1.54, 1.807) is 6.20 Å². The van der Waals surface area contributed by atoms with Gasteiger partial charge in [-0.1, -0.05) is 20.8 Å². The normalized spacial score (nSPS) is 13.7. The van der Waals surface area contributed by atoms with Gasteiger partial charge in [0, 0.05) is 31.4 Å². The number of ketones is 1. The molecule has 17 heavy (non-hydrogen) atoms. The largest absolute Gasteiger partial charge is 0.335 e. The number of aromatic nitrogens is 2. The highest BCUT2D eigenvalue weighted by Crippen LogP contribution is 2.20. The molecule has 0 amide bonds. The van der Waals surface area contributed by atoms with Gasteiger partial charge in [0.25, 0.3) is 0 Å². The predicted molar refractivity (Wildman–Crippen MR) is 68.7 cm³/mol. The van der Waals surface area contributed by atoms with Gasteiger partial charge >= 0.3 is 0 Å². The highest BCUT2D eigenvalue weighted by Gasteiger charge is 2.23. The van der Waals surface area contributed by atoms with Crippen LogP contribution in [0.2, 0.25) is 0 Å². The zero-order valence-electron chi connectivity index (χ0n) is 11.2. The van der Waals surface area contributed by atoms with Crippen molar-refractivity contribution in [3.8, 4) is 0 Å². The summed E-state index contributed by atoms with van der Waals surface area (Å²) in [7, 11) is 0. The molecule has 0 aromatic carbocycles. The monoisotopic (exact) mass is 237 g/mol. The van der Waals surface area contributed by atoms with Crippen LogP contribution >= 0.6 is 0 Å². The van der Waals surface area contributed by atoms with Gasteiger partial charge in [-0.2, -0.15) is 0 Å². The Hall–Kier alpha value is -1.16. The summed E-state index contributed by atoms with van der Waals surface area (Å²) in [5, 5.41) is 0. The molecule has 0 aliphatic heterocycles. The molecular weight excluding hydrogens is 214 g/mol. The van der Waals surface area contributed by atoms with Crippen LogP contribution in [0.15, 0.2) is 12.4 Å². The summed E-state index contributed by atoms with van der Waals surface area (Å²) in [6.07, 6.45) is 4.42. The van der Waals surface area contributed by atoms with E-state index >= 15 is 0 Å². The summed E-state index contributed by atoms with van der Waals surface area (Å²) < 4.78 is 1.99. The molecule has 4 heteroatoms. The molecule has 4 nitrogen and oxygen atoms in total. The number of nitrogens with zero attached hydrogens (tertiary/aromatic N) is 2. The zero-order valence-corrected chi connectivity index (χ0v) is 11.2. The van der Waals surface area contributed by atoms with Crippen molar-refractivity contribution in [2.45, 2.75) is 53.1 Å². The van der Waals surface area contributed by atoms with Crippen LogP contribution in [-0.2, 0) is 17.8 Å². The fourth-order valence-corrected chi connectivity index (χ4v) is 1.60. The molecular formula is C13H23N3O. The second-order valence-electron chi connectivity index (χ2n) is 5.52. The Labute approximate surface area is 103 Å². The molecule has 1 rings (SSSR count). The predicted octanol–water partition coefficient (Wildman–Crippen LogP) is 1.78. The third-order valence-corrected chi connectivity index (χ3v) is 3.06. The molecule has 1 atom stereocenters. The lowest BCUT2D eigenvalue weighted by atomic mass is 9.84. The molecule has 2 N–H and O–H groups in total. The van der Waals surface area contributed by atoms with Gasteiger partial charge in [-0.15, -0.1) is 0 Å². The molecule has 1 aromatic heterocycles. The molecule has 0 fully saturated rings. The van der Waals surface area contributed by atoms with Gasteiger partial charge in [0.1, 0.15) is 11.6 Å². The second kappa shape index (κ2) is 5.45. The Morgan fingerprint density at radius 2 is 2.18 bits per heavy atom. The lowest BCUT2D eigenvalue weighted by Gasteiger charge is -2.26. The molecule has 1 heterocycles. The molecule has 0 bridgehead atoms. The van der Waals surface area contributed by atoms with Gasteiger partial charge in [0.2, 0.25) is 0 Å². The minimum Gasteiger partial charge on any atom is -0.335 e. The molecule has 1 aromatic rings. The van der Waals surface area contributed by atoms with E-state index in [1.807, 2.05) is 17.7 Å². The number of imidazole rings is 1. The van der Waals surface area contributed by atoms with Crippen molar-refractivity contribution < 1.29 is 4.79 Å². The fourth-order valence-electron chi connectivity index (χ4n) is 1.60. The summed E-state index contributed by atoms with van der Waals surface area (Å²) >= 11 is 0. The maximum Gasteiger partial charge on any atom is 0.141 e. The van der Waals surface area contributed by atoms with Gasteiger partial charge in [-0.25, -0.2) is 4.98 Å². The quantitative estimate of drug-likeness (QED) is 0.849. The molecule has 0 spiro atoms. The average molecular weight is 237 g/mol. The zero-order chi connectivity index (χ0) is 13.1. The lowest BCUT2D eigenvalue weighted by Crippen LogP contribution is -2.37. The molecule has 0 aliphatic rings. The summed E-state index contributed by atoms with van der Waals surface area (Å²) in [6, 6.07) is -0.0972. The Balaban J connectivity index is 2.56. The van der Waals surface area contributed by atoms with E-state index in [0.717, 1.165) is 12.4 Å². The average Bonchev–Trinajstić information content (AvgIpc) is 2.63. The van der Waals surface area contributed by atoms with Gasteiger partial charge in [-0.05, 0) is 12.3 Å². The van der Waals surface area contributed by atoms with E-state index < -0.39 is 0 Å². The highest BCUT2D eigenvalue weighted by atomic mass is 16.1. The molecule has 0 saturated heterocycles. The summed E-state index contributed by atoms with van der Waals surface area (Å²) in [5.74, 6) is 0.993. The molecule has 1 unspecified atom stereocenters. The van der Waals surface area contributed by atoms with Crippen LogP contribution in [0.25, 0.3) is 0 Å². The first-order valence-corrected chi connectivity index (χ1v) is 6.12. The highest BCUT2D eigenvalue weighted by molar-refractivity contribution is 5.80. The van der Waals surface area contributed by atoms with Crippen molar-refractivity contribution in [2.24, 2.45) is 11.1 Å². The summed E-state index contributed by atoms with van der Waals surface area (Å²) in [5.41, 5.74) is 5.97. The van der Waals surface area contributed by atoms with Crippen molar-refractivity contribution in [1.82, 2.24) is 9.55 Å². The summed E-state index contributed by atoms with van der Waals surface area (Å²) in [4.78, 5) is 16.1. The third-order valence-electron chi connectivity index (χ3n) is 3.06. The van der Waals surface area contributed by atoms with Gasteiger partial charge < -0.3 is 10.3 Å². The number of rotatable bonds is 5. The topological polar surface area (TPSA) is 60.9 Å². The SMILES string of the molecule is CCn1ccnc1CC(=O)CC(N)C(C)(C)C. The standard InChI is InChI=1S/C13H23N3O/c1-5-16-7-6-15-12(16)9-10(17)8-11(14)13(2,3)4/h6-7,11H,5,8-9,14H2,1-4H3. The van der Waals surface area contributed by atoms with Crippen LogP contribution in [0.3, 0.4) is 0 Å². The number of nitrogens with two attached hydrogens (primary N) is 1. The minimum atomic E-state index is -0.0972. The first-order chi connectivity index (χ1) is 7.84. The van der Waals surface area contributed by atoms with Gasteiger partial charge in [0.05, 0.1) is 6.42 Å². The maximum absolute atomic E-state index is 11.9. The Morgan fingerprint density at radius 3 is 2.71 bits per heavy atom. The second-order valence-corrected chi connectivity index (χ2v) is 5.52. The van der Waals surface area contributed by atoms with Gasteiger partial charge in [-0.3, -0.25) is 4.79 Å². The van der Waals surface area contributed by atoms with Crippen molar-refractivity contribution >= 4 is 5.78 Å². The number of carbonyl (C=O) groups excluding carboxylic acids is 1. The van der Waals surface area contributed by atoms with Crippen molar-refractivity contribution in [3.05, 3.63) is 18.2 Å². The van der Waals surface area contributed by atoms with Crippen molar-refractivity contribution in [3.63, 3.8) is 0 Å².